The first-order chi connectivity index (χ1) is 9.56. The van der Waals surface area contributed by atoms with Gasteiger partial charge in [0.05, 0.1) is 6.04 Å². The molecule has 20 heavy (non-hydrogen) atoms. The van der Waals surface area contributed by atoms with E-state index in [0.717, 1.165) is 30.7 Å². The minimum atomic E-state index is -0.462. The Labute approximate surface area is 119 Å². The third-order valence-corrected chi connectivity index (χ3v) is 4.11. The molecule has 6 heteroatoms. The summed E-state index contributed by atoms with van der Waals surface area (Å²) in [6.45, 7) is 3.48. The monoisotopic (exact) mass is 281 g/mol. The number of likely N-dealkylation sites (tertiary alicyclic amines) is 2. The third-order valence-electron chi connectivity index (χ3n) is 4.11. The number of nitrogens with zero attached hydrogens (tertiary/aromatic N) is 2. The molecule has 0 aromatic heterocycles. The SMILES string of the molecule is CCCNC1CCCN(C2CCC(=O)N(C)C2=O)C1=O. The number of hydrogen-bond acceptors (Lipinski definition) is 4. The van der Waals surface area contributed by atoms with Crippen molar-refractivity contribution in [3.63, 3.8) is 0 Å². The van der Waals surface area contributed by atoms with Gasteiger partial charge in [0, 0.05) is 20.0 Å². The van der Waals surface area contributed by atoms with E-state index in [1.54, 1.807) is 4.90 Å². The van der Waals surface area contributed by atoms with Crippen LogP contribution in [-0.2, 0) is 14.4 Å². The Kier molecular flexibility index (Phi) is 4.75. The summed E-state index contributed by atoms with van der Waals surface area (Å²) in [6, 6.07) is -0.643. The van der Waals surface area contributed by atoms with E-state index in [4.69, 9.17) is 0 Å². The van der Waals surface area contributed by atoms with Crippen molar-refractivity contribution in [2.75, 3.05) is 20.1 Å². The molecule has 2 fully saturated rings. The lowest BCUT2D eigenvalue weighted by molar-refractivity contribution is -0.157. The van der Waals surface area contributed by atoms with Crippen molar-refractivity contribution in [1.82, 2.24) is 15.1 Å². The summed E-state index contributed by atoms with van der Waals surface area (Å²) in [5.41, 5.74) is 0. The Morgan fingerprint density at radius 2 is 1.95 bits per heavy atom. The van der Waals surface area contributed by atoms with Crippen molar-refractivity contribution in [3.8, 4) is 0 Å². The molecule has 2 atom stereocenters. The molecular weight excluding hydrogens is 258 g/mol. The number of rotatable bonds is 4. The van der Waals surface area contributed by atoms with Gasteiger partial charge < -0.3 is 10.2 Å². The third kappa shape index (κ3) is 2.85. The first-order valence-corrected chi connectivity index (χ1v) is 7.40. The minimum absolute atomic E-state index is 0.00537. The Bertz CT molecular complexity index is 410. The van der Waals surface area contributed by atoms with Crippen LogP contribution in [0.5, 0.6) is 0 Å². The molecule has 0 aromatic rings. The molecule has 2 aliphatic rings. The molecule has 0 bridgehead atoms. The fraction of sp³-hybridized carbons (Fsp3) is 0.786. The molecule has 2 heterocycles. The van der Waals surface area contributed by atoms with Gasteiger partial charge in [-0.15, -0.1) is 0 Å². The van der Waals surface area contributed by atoms with Crippen LogP contribution in [0.3, 0.4) is 0 Å². The summed E-state index contributed by atoms with van der Waals surface area (Å²) in [5, 5.41) is 3.24. The maximum atomic E-state index is 12.5. The van der Waals surface area contributed by atoms with Crippen LogP contribution in [0.1, 0.15) is 39.0 Å². The van der Waals surface area contributed by atoms with E-state index < -0.39 is 6.04 Å². The topological polar surface area (TPSA) is 69.7 Å². The number of imide groups is 1. The van der Waals surface area contributed by atoms with Crippen LogP contribution in [0.25, 0.3) is 0 Å². The van der Waals surface area contributed by atoms with Crippen molar-refractivity contribution in [2.45, 2.75) is 51.1 Å². The quantitative estimate of drug-likeness (QED) is 0.743. The Morgan fingerprint density at radius 1 is 1.20 bits per heavy atom. The molecular formula is C14H23N3O3. The molecule has 2 saturated heterocycles. The average Bonchev–Trinajstić information content (AvgIpc) is 2.45. The van der Waals surface area contributed by atoms with E-state index in [1.165, 1.54) is 7.05 Å². The summed E-state index contributed by atoms with van der Waals surface area (Å²) in [6.07, 6.45) is 3.49. The van der Waals surface area contributed by atoms with Gasteiger partial charge in [-0.2, -0.15) is 0 Å². The summed E-state index contributed by atoms with van der Waals surface area (Å²) in [5.74, 6) is -0.395. The van der Waals surface area contributed by atoms with Gasteiger partial charge in [-0.05, 0) is 32.2 Å². The fourth-order valence-electron chi connectivity index (χ4n) is 2.90. The average molecular weight is 281 g/mol. The second kappa shape index (κ2) is 6.35. The van der Waals surface area contributed by atoms with Crippen LogP contribution >= 0.6 is 0 Å². The Balaban J connectivity index is 2.05. The highest BCUT2D eigenvalue weighted by atomic mass is 16.2. The zero-order valence-corrected chi connectivity index (χ0v) is 12.2. The van der Waals surface area contributed by atoms with Gasteiger partial charge in [-0.3, -0.25) is 19.3 Å². The second-order valence-electron chi connectivity index (χ2n) is 5.53. The largest absolute Gasteiger partial charge is 0.329 e. The van der Waals surface area contributed by atoms with E-state index in [1.807, 2.05) is 0 Å². The van der Waals surface area contributed by atoms with Crippen LogP contribution in [0.15, 0.2) is 0 Å². The van der Waals surface area contributed by atoms with Gasteiger partial charge in [-0.1, -0.05) is 6.92 Å². The molecule has 112 valence electrons. The molecule has 6 nitrogen and oxygen atoms in total. The minimum Gasteiger partial charge on any atom is -0.329 e. The number of piperidine rings is 2. The van der Waals surface area contributed by atoms with Crippen molar-refractivity contribution < 1.29 is 14.4 Å². The van der Waals surface area contributed by atoms with E-state index in [0.29, 0.717) is 19.4 Å². The van der Waals surface area contributed by atoms with E-state index in [9.17, 15) is 14.4 Å². The van der Waals surface area contributed by atoms with Crippen molar-refractivity contribution in [1.29, 1.82) is 0 Å². The van der Waals surface area contributed by atoms with Gasteiger partial charge in [0.25, 0.3) is 5.91 Å². The summed E-state index contributed by atoms with van der Waals surface area (Å²) < 4.78 is 0. The van der Waals surface area contributed by atoms with Gasteiger partial charge >= 0.3 is 0 Å². The first kappa shape index (κ1) is 15.0. The lowest BCUT2D eigenvalue weighted by Gasteiger charge is -2.40. The summed E-state index contributed by atoms with van der Waals surface area (Å²) >= 11 is 0. The highest BCUT2D eigenvalue weighted by molar-refractivity contribution is 6.01. The van der Waals surface area contributed by atoms with Gasteiger partial charge in [0.2, 0.25) is 11.8 Å². The highest BCUT2D eigenvalue weighted by Crippen LogP contribution is 2.22. The lowest BCUT2D eigenvalue weighted by atomic mass is 9.97. The number of hydrogen-bond donors (Lipinski definition) is 1. The predicted octanol–water partition coefficient (Wildman–Crippen LogP) is 0.124. The van der Waals surface area contributed by atoms with Crippen molar-refractivity contribution in [2.24, 2.45) is 0 Å². The zero-order chi connectivity index (χ0) is 14.7. The standard InChI is InChI=1S/C14H23N3O3/c1-3-8-15-10-5-4-9-17(13(10)19)11-6-7-12(18)16(2)14(11)20/h10-11,15H,3-9H2,1-2H3. The number of nitrogens with one attached hydrogen (secondary N) is 1. The molecule has 0 radical (unpaired) electrons. The van der Waals surface area contributed by atoms with Crippen LogP contribution < -0.4 is 5.32 Å². The lowest BCUT2D eigenvalue weighted by Crippen LogP contribution is -2.60. The maximum Gasteiger partial charge on any atom is 0.251 e. The first-order valence-electron chi connectivity index (χ1n) is 7.40. The highest BCUT2D eigenvalue weighted by Gasteiger charge is 2.40. The predicted molar refractivity (Wildman–Crippen MR) is 73.8 cm³/mol. The van der Waals surface area contributed by atoms with E-state index in [-0.39, 0.29) is 23.8 Å². The summed E-state index contributed by atoms with van der Waals surface area (Å²) in [7, 11) is 1.50. The molecule has 0 aromatic carbocycles. The number of amides is 3. The maximum absolute atomic E-state index is 12.5. The fourth-order valence-corrected chi connectivity index (χ4v) is 2.90. The van der Waals surface area contributed by atoms with Crippen LogP contribution in [-0.4, -0.2) is 59.7 Å². The van der Waals surface area contributed by atoms with Crippen LogP contribution in [0, 0.1) is 0 Å². The number of likely N-dealkylation sites (N-methyl/N-ethyl adjacent to an activating group) is 1. The molecule has 2 unspecified atom stereocenters. The normalized spacial score (nSPS) is 28.2. The molecule has 0 spiro atoms. The van der Waals surface area contributed by atoms with Crippen molar-refractivity contribution in [3.05, 3.63) is 0 Å². The van der Waals surface area contributed by atoms with Gasteiger partial charge in [0.15, 0.2) is 0 Å². The van der Waals surface area contributed by atoms with Crippen molar-refractivity contribution >= 4 is 17.7 Å². The number of carbonyl (C=O) groups excluding carboxylic acids is 3. The van der Waals surface area contributed by atoms with E-state index in [2.05, 4.69) is 12.2 Å². The second-order valence-corrected chi connectivity index (χ2v) is 5.53. The summed E-state index contributed by atoms with van der Waals surface area (Å²) in [4.78, 5) is 39.0. The molecule has 0 saturated carbocycles. The Morgan fingerprint density at radius 3 is 2.65 bits per heavy atom. The van der Waals surface area contributed by atoms with Gasteiger partial charge in [-0.25, -0.2) is 0 Å². The van der Waals surface area contributed by atoms with Gasteiger partial charge in [0.1, 0.15) is 6.04 Å². The molecule has 1 N–H and O–H groups in total. The van der Waals surface area contributed by atoms with Crippen LogP contribution in [0.2, 0.25) is 0 Å². The zero-order valence-electron chi connectivity index (χ0n) is 12.2. The smallest absolute Gasteiger partial charge is 0.251 e. The molecule has 0 aliphatic carbocycles. The molecule has 3 amide bonds. The van der Waals surface area contributed by atoms with Crippen LogP contribution in [0.4, 0.5) is 0 Å². The van der Waals surface area contributed by atoms with E-state index >= 15 is 0 Å². The number of carbonyl (C=O) groups is 3. The Hall–Kier alpha value is -1.43. The molecule has 2 aliphatic heterocycles. The molecule has 2 rings (SSSR count).